The predicted octanol–water partition coefficient (Wildman–Crippen LogP) is 1.78. The Hall–Kier alpha value is -1.33. The van der Waals surface area contributed by atoms with Gasteiger partial charge in [0.05, 0.1) is 0 Å². The highest BCUT2D eigenvalue weighted by Gasteiger charge is 2.05. The van der Waals surface area contributed by atoms with Crippen LogP contribution in [0.4, 0.5) is 0 Å². The van der Waals surface area contributed by atoms with Crippen LogP contribution in [0, 0.1) is 0 Å². The molecule has 1 amide bonds. The largest absolute Gasteiger partial charge is 0.347 e. The lowest BCUT2D eigenvalue weighted by Crippen LogP contribution is -2.30. The van der Waals surface area contributed by atoms with Crippen molar-refractivity contribution in [3.05, 3.63) is 34.9 Å². The van der Waals surface area contributed by atoms with E-state index in [1.54, 1.807) is 0 Å². The van der Waals surface area contributed by atoms with E-state index in [1.807, 2.05) is 35.0 Å². The van der Waals surface area contributed by atoms with Gasteiger partial charge in [0, 0.05) is 34.5 Å². The quantitative estimate of drug-likeness (QED) is 0.512. The monoisotopic (exact) mass is 281 g/mol. The van der Waals surface area contributed by atoms with Gasteiger partial charge in [0.1, 0.15) is 0 Å². The Kier molecular flexibility index (Phi) is 3.26. The number of hydrazine groups is 1. The number of halogens is 1. The summed E-state index contributed by atoms with van der Waals surface area (Å²) in [4.78, 5) is 11.1. The van der Waals surface area contributed by atoms with Crippen molar-refractivity contribution in [2.45, 2.75) is 13.0 Å². The van der Waals surface area contributed by atoms with E-state index in [0.29, 0.717) is 13.0 Å². The molecule has 0 saturated carbocycles. The predicted molar refractivity (Wildman–Crippen MR) is 66.6 cm³/mol. The molecule has 4 nitrogen and oxygen atoms in total. The van der Waals surface area contributed by atoms with Gasteiger partial charge in [-0.25, -0.2) is 5.84 Å². The van der Waals surface area contributed by atoms with Gasteiger partial charge in [-0.15, -0.1) is 0 Å². The fraction of sp³-hybridized carbons (Fsp3) is 0.182. The molecule has 1 aromatic heterocycles. The third-order valence-corrected chi connectivity index (χ3v) is 3.19. The summed E-state index contributed by atoms with van der Waals surface area (Å²) < 4.78 is 3.10. The molecule has 0 unspecified atom stereocenters. The van der Waals surface area contributed by atoms with E-state index in [4.69, 9.17) is 5.84 Å². The van der Waals surface area contributed by atoms with Crippen LogP contribution < -0.4 is 11.3 Å². The molecule has 0 aliphatic heterocycles. The van der Waals surface area contributed by atoms with E-state index in [0.717, 1.165) is 15.4 Å². The number of hydrogen-bond acceptors (Lipinski definition) is 2. The summed E-state index contributed by atoms with van der Waals surface area (Å²) in [6.45, 7) is 0.628. The van der Waals surface area contributed by atoms with Gasteiger partial charge in [-0.3, -0.25) is 10.2 Å². The van der Waals surface area contributed by atoms with E-state index >= 15 is 0 Å². The summed E-state index contributed by atoms with van der Waals surface area (Å²) in [5.41, 5.74) is 3.24. The van der Waals surface area contributed by atoms with Gasteiger partial charge >= 0.3 is 0 Å². The molecule has 0 atom stereocenters. The maximum absolute atomic E-state index is 11.1. The normalized spacial score (nSPS) is 10.6. The van der Waals surface area contributed by atoms with Crippen molar-refractivity contribution in [1.82, 2.24) is 9.99 Å². The summed E-state index contributed by atoms with van der Waals surface area (Å²) in [5.74, 6) is 4.88. The van der Waals surface area contributed by atoms with Gasteiger partial charge in [0.15, 0.2) is 0 Å². The first-order valence-electron chi connectivity index (χ1n) is 4.95. The average Bonchev–Trinajstić information content (AvgIpc) is 2.70. The molecule has 3 N–H and O–H groups in total. The lowest BCUT2D eigenvalue weighted by Gasteiger charge is -2.04. The van der Waals surface area contributed by atoms with Gasteiger partial charge in [-0.1, -0.05) is 22.0 Å². The fourth-order valence-corrected chi connectivity index (χ4v) is 2.16. The van der Waals surface area contributed by atoms with Gasteiger partial charge in [0.2, 0.25) is 5.91 Å². The lowest BCUT2D eigenvalue weighted by molar-refractivity contribution is -0.121. The van der Waals surface area contributed by atoms with Crippen molar-refractivity contribution in [3.63, 3.8) is 0 Å². The van der Waals surface area contributed by atoms with Crippen molar-refractivity contribution in [3.8, 4) is 0 Å². The fourth-order valence-electron chi connectivity index (χ4n) is 1.68. The second-order valence-corrected chi connectivity index (χ2v) is 4.35. The maximum Gasteiger partial charge on any atom is 0.235 e. The van der Waals surface area contributed by atoms with Crippen LogP contribution in [-0.2, 0) is 11.3 Å². The number of aryl methyl sites for hydroxylation is 1. The van der Waals surface area contributed by atoms with E-state index in [9.17, 15) is 4.79 Å². The van der Waals surface area contributed by atoms with Gasteiger partial charge in [-0.05, 0) is 18.2 Å². The van der Waals surface area contributed by atoms with E-state index < -0.39 is 0 Å². The number of carbonyl (C=O) groups is 1. The minimum Gasteiger partial charge on any atom is -0.347 e. The molecule has 0 spiro atoms. The topological polar surface area (TPSA) is 60.0 Å². The van der Waals surface area contributed by atoms with Gasteiger partial charge < -0.3 is 4.57 Å². The zero-order chi connectivity index (χ0) is 11.5. The minimum atomic E-state index is -0.156. The van der Waals surface area contributed by atoms with Crippen molar-refractivity contribution >= 4 is 32.7 Å². The summed E-state index contributed by atoms with van der Waals surface area (Å²) in [6.07, 6.45) is 2.35. The first-order valence-corrected chi connectivity index (χ1v) is 5.74. The second kappa shape index (κ2) is 4.67. The molecule has 2 rings (SSSR count). The summed E-state index contributed by atoms with van der Waals surface area (Å²) in [7, 11) is 0. The zero-order valence-corrected chi connectivity index (χ0v) is 10.2. The highest BCUT2D eigenvalue weighted by Crippen LogP contribution is 2.24. The Morgan fingerprint density at radius 1 is 1.44 bits per heavy atom. The summed E-state index contributed by atoms with van der Waals surface area (Å²) >= 11 is 3.49. The van der Waals surface area contributed by atoms with E-state index in [-0.39, 0.29) is 5.91 Å². The molecule has 1 aromatic carbocycles. The summed E-state index contributed by atoms with van der Waals surface area (Å²) in [6, 6.07) is 8.03. The number of rotatable bonds is 3. The number of amides is 1. The number of benzene rings is 1. The molecule has 0 aliphatic rings. The smallest absolute Gasteiger partial charge is 0.235 e. The number of aromatic nitrogens is 1. The van der Waals surface area contributed by atoms with Gasteiger partial charge in [-0.2, -0.15) is 0 Å². The lowest BCUT2D eigenvalue weighted by atomic mass is 10.2. The molecule has 2 aromatic rings. The second-order valence-electron chi connectivity index (χ2n) is 3.50. The molecule has 0 aliphatic carbocycles. The number of nitrogens with one attached hydrogen (secondary N) is 1. The van der Waals surface area contributed by atoms with Crippen LogP contribution >= 0.6 is 15.9 Å². The van der Waals surface area contributed by atoms with Crippen LogP contribution in [0.15, 0.2) is 34.9 Å². The Morgan fingerprint density at radius 2 is 2.25 bits per heavy atom. The Bertz CT molecular complexity index is 521. The van der Waals surface area contributed by atoms with Crippen LogP contribution in [0.25, 0.3) is 10.9 Å². The molecule has 0 bridgehead atoms. The van der Waals surface area contributed by atoms with Crippen LogP contribution in [0.2, 0.25) is 0 Å². The van der Waals surface area contributed by atoms with Crippen LogP contribution in [0.5, 0.6) is 0 Å². The molecule has 0 saturated heterocycles. The van der Waals surface area contributed by atoms with E-state index in [2.05, 4.69) is 21.4 Å². The van der Waals surface area contributed by atoms with Gasteiger partial charge in [0.25, 0.3) is 0 Å². The van der Waals surface area contributed by atoms with Crippen molar-refractivity contribution < 1.29 is 4.79 Å². The molecule has 1 heterocycles. The van der Waals surface area contributed by atoms with Crippen molar-refractivity contribution in [2.24, 2.45) is 5.84 Å². The molecule has 84 valence electrons. The molecule has 0 radical (unpaired) electrons. The first kappa shape index (κ1) is 11.2. The SMILES string of the molecule is NNC(=O)CCn1ccc2c(Br)cccc21. The standard InChI is InChI=1S/C11H12BrN3O/c12-9-2-1-3-10-8(9)4-6-15(10)7-5-11(16)14-13/h1-4,6H,5,7,13H2,(H,14,16). The number of fused-ring (bicyclic) bond motifs is 1. The highest BCUT2D eigenvalue weighted by molar-refractivity contribution is 9.10. The number of carbonyl (C=O) groups excluding carboxylic acids is 1. The van der Waals surface area contributed by atoms with Crippen LogP contribution in [-0.4, -0.2) is 10.5 Å². The molecule has 0 fully saturated rings. The number of nitrogens with zero attached hydrogens (tertiary/aromatic N) is 1. The van der Waals surface area contributed by atoms with E-state index in [1.165, 1.54) is 0 Å². The highest BCUT2D eigenvalue weighted by atomic mass is 79.9. The number of nitrogens with two attached hydrogens (primary N) is 1. The third-order valence-electron chi connectivity index (χ3n) is 2.50. The van der Waals surface area contributed by atoms with Crippen LogP contribution in [0.3, 0.4) is 0 Å². The molecule has 16 heavy (non-hydrogen) atoms. The zero-order valence-electron chi connectivity index (χ0n) is 8.61. The Labute approximate surface area is 102 Å². The third kappa shape index (κ3) is 2.10. The Balaban J connectivity index is 2.25. The minimum absolute atomic E-state index is 0.156. The molecule has 5 heteroatoms. The summed E-state index contributed by atoms with van der Waals surface area (Å²) in [5, 5.41) is 1.15. The average molecular weight is 282 g/mol. The van der Waals surface area contributed by atoms with Crippen LogP contribution in [0.1, 0.15) is 6.42 Å². The molecular formula is C11H12BrN3O. The number of hydrogen-bond donors (Lipinski definition) is 2. The van der Waals surface area contributed by atoms with Crippen molar-refractivity contribution in [2.75, 3.05) is 0 Å². The van der Waals surface area contributed by atoms with Crippen molar-refractivity contribution in [1.29, 1.82) is 0 Å². The molecular weight excluding hydrogens is 270 g/mol. The Morgan fingerprint density at radius 3 is 3.00 bits per heavy atom. The first-order chi connectivity index (χ1) is 7.72. The maximum atomic E-state index is 11.1.